The number of aryl methyl sites for hydroxylation is 1. The van der Waals surface area contributed by atoms with E-state index in [1.807, 2.05) is 6.92 Å². The monoisotopic (exact) mass is 270 g/mol. The van der Waals surface area contributed by atoms with Crippen molar-refractivity contribution in [2.24, 2.45) is 5.84 Å². The first-order chi connectivity index (χ1) is 8.72. The number of hydrogen-bond donors (Lipinski definition) is 2. The van der Waals surface area contributed by atoms with Crippen molar-refractivity contribution in [2.75, 3.05) is 26.2 Å². The number of nitrogens with zero attached hydrogens (tertiary/aromatic N) is 2. The van der Waals surface area contributed by atoms with Crippen LogP contribution in [0.25, 0.3) is 0 Å². The number of aromatic nitrogens is 1. The predicted molar refractivity (Wildman–Crippen MR) is 73.5 cm³/mol. The van der Waals surface area contributed by atoms with E-state index >= 15 is 0 Å². The van der Waals surface area contributed by atoms with Crippen LogP contribution in [0.15, 0.2) is 5.38 Å². The lowest BCUT2D eigenvalue weighted by molar-refractivity contribution is -0.0449. The summed E-state index contributed by atoms with van der Waals surface area (Å²) in [5.74, 6) is 5.67. The molecule has 1 aromatic heterocycles. The molecule has 1 saturated heterocycles. The molecule has 5 nitrogen and oxygen atoms in total. The number of rotatable bonds is 5. The van der Waals surface area contributed by atoms with Gasteiger partial charge in [-0.05, 0) is 13.5 Å². The van der Waals surface area contributed by atoms with Crippen LogP contribution in [0.2, 0.25) is 0 Å². The number of hydrazine groups is 1. The van der Waals surface area contributed by atoms with Crippen molar-refractivity contribution in [3.8, 4) is 0 Å². The highest BCUT2D eigenvalue weighted by molar-refractivity contribution is 7.09. The Morgan fingerprint density at radius 3 is 3.17 bits per heavy atom. The minimum atomic E-state index is 0.126. The molecular formula is C12H22N4OS. The smallest absolute Gasteiger partial charge is 0.0897 e. The molecule has 2 rings (SSSR count). The van der Waals surface area contributed by atoms with Gasteiger partial charge in [-0.15, -0.1) is 11.3 Å². The van der Waals surface area contributed by atoms with Crippen molar-refractivity contribution in [3.05, 3.63) is 16.1 Å². The van der Waals surface area contributed by atoms with Crippen LogP contribution in [-0.4, -0.2) is 48.3 Å². The van der Waals surface area contributed by atoms with Gasteiger partial charge in [0, 0.05) is 24.9 Å². The maximum absolute atomic E-state index is 5.83. The van der Waals surface area contributed by atoms with E-state index < -0.39 is 0 Å². The lowest BCUT2D eigenvalue weighted by Crippen LogP contribution is -2.54. The van der Waals surface area contributed by atoms with Crippen molar-refractivity contribution in [3.63, 3.8) is 0 Å². The molecule has 1 aliphatic heterocycles. The van der Waals surface area contributed by atoms with Gasteiger partial charge >= 0.3 is 0 Å². The Bertz CT molecular complexity index is 371. The summed E-state index contributed by atoms with van der Waals surface area (Å²) >= 11 is 1.68. The normalized spacial score (nSPS) is 23.2. The van der Waals surface area contributed by atoms with E-state index in [1.54, 1.807) is 11.3 Å². The minimum absolute atomic E-state index is 0.126. The lowest BCUT2D eigenvalue weighted by atomic mass is 10.0. The van der Waals surface area contributed by atoms with E-state index in [0.29, 0.717) is 0 Å². The molecule has 2 atom stereocenters. The first kappa shape index (κ1) is 13.9. The summed E-state index contributed by atoms with van der Waals surface area (Å²) in [6.45, 7) is 8.00. The van der Waals surface area contributed by atoms with Crippen LogP contribution in [0.3, 0.4) is 0 Å². The molecule has 3 N–H and O–H groups in total. The van der Waals surface area contributed by atoms with Gasteiger partial charge in [0.05, 0.1) is 29.5 Å². The number of hydrogen-bond acceptors (Lipinski definition) is 6. The highest BCUT2D eigenvalue weighted by atomic mass is 32.1. The SMILES string of the molecule is CCN1CCOC(C(Cc2csc(C)n2)NN)C1. The molecule has 0 saturated carbocycles. The molecule has 0 radical (unpaired) electrons. The Balaban J connectivity index is 1.95. The van der Waals surface area contributed by atoms with E-state index in [2.05, 4.69) is 27.6 Å². The van der Waals surface area contributed by atoms with Crippen LogP contribution in [0, 0.1) is 6.92 Å². The fraction of sp³-hybridized carbons (Fsp3) is 0.750. The van der Waals surface area contributed by atoms with Gasteiger partial charge in [-0.3, -0.25) is 16.2 Å². The largest absolute Gasteiger partial charge is 0.374 e. The number of morpholine rings is 1. The average Bonchev–Trinajstić information content (AvgIpc) is 2.81. The lowest BCUT2D eigenvalue weighted by Gasteiger charge is -2.36. The van der Waals surface area contributed by atoms with E-state index in [9.17, 15) is 0 Å². The Morgan fingerprint density at radius 1 is 1.72 bits per heavy atom. The van der Waals surface area contributed by atoms with Gasteiger partial charge in [0.25, 0.3) is 0 Å². The van der Waals surface area contributed by atoms with Crippen molar-refractivity contribution in [2.45, 2.75) is 32.4 Å². The standard InChI is InChI=1S/C12H22N4OS/c1-3-16-4-5-17-12(7-16)11(15-13)6-10-8-18-9(2)14-10/h8,11-12,15H,3-7,13H2,1-2H3. The molecule has 6 heteroatoms. The van der Waals surface area contributed by atoms with Gasteiger partial charge in [0.2, 0.25) is 0 Å². The zero-order chi connectivity index (χ0) is 13.0. The highest BCUT2D eigenvalue weighted by Crippen LogP contribution is 2.15. The number of nitrogens with two attached hydrogens (primary N) is 1. The Labute approximate surface area is 112 Å². The van der Waals surface area contributed by atoms with Crippen molar-refractivity contribution >= 4 is 11.3 Å². The van der Waals surface area contributed by atoms with Crippen LogP contribution >= 0.6 is 11.3 Å². The topological polar surface area (TPSA) is 63.4 Å². The molecule has 1 fully saturated rings. The Hall–Kier alpha value is -0.530. The molecule has 18 heavy (non-hydrogen) atoms. The van der Waals surface area contributed by atoms with E-state index in [0.717, 1.165) is 43.4 Å². The average molecular weight is 270 g/mol. The Morgan fingerprint density at radius 2 is 2.56 bits per heavy atom. The maximum Gasteiger partial charge on any atom is 0.0897 e. The fourth-order valence-corrected chi connectivity index (χ4v) is 2.91. The van der Waals surface area contributed by atoms with Gasteiger partial charge in [-0.1, -0.05) is 6.92 Å². The summed E-state index contributed by atoms with van der Waals surface area (Å²) in [6.07, 6.45) is 0.967. The van der Waals surface area contributed by atoms with Crippen LogP contribution in [0.5, 0.6) is 0 Å². The summed E-state index contributed by atoms with van der Waals surface area (Å²) in [5, 5.41) is 3.20. The van der Waals surface area contributed by atoms with Crippen molar-refractivity contribution in [1.29, 1.82) is 0 Å². The summed E-state index contributed by atoms with van der Waals surface area (Å²) in [7, 11) is 0. The summed E-state index contributed by atoms with van der Waals surface area (Å²) in [4.78, 5) is 6.88. The number of ether oxygens (including phenoxy) is 1. The van der Waals surface area contributed by atoms with E-state index in [-0.39, 0.29) is 12.1 Å². The fourth-order valence-electron chi connectivity index (χ4n) is 2.29. The molecule has 102 valence electrons. The second-order valence-corrected chi connectivity index (χ2v) is 5.70. The van der Waals surface area contributed by atoms with E-state index in [1.165, 1.54) is 0 Å². The number of likely N-dealkylation sites (N-methyl/N-ethyl adjacent to an activating group) is 1. The zero-order valence-electron chi connectivity index (χ0n) is 11.1. The molecule has 0 spiro atoms. The first-order valence-electron chi connectivity index (χ1n) is 6.44. The summed E-state index contributed by atoms with van der Waals surface area (Å²) in [5.41, 5.74) is 3.98. The van der Waals surface area contributed by atoms with E-state index in [4.69, 9.17) is 10.6 Å². The second kappa shape index (κ2) is 6.58. The zero-order valence-corrected chi connectivity index (χ0v) is 11.9. The van der Waals surface area contributed by atoms with Crippen molar-refractivity contribution in [1.82, 2.24) is 15.3 Å². The molecule has 0 bridgehead atoms. The second-order valence-electron chi connectivity index (χ2n) is 4.64. The van der Waals surface area contributed by atoms with Gasteiger partial charge in [0.15, 0.2) is 0 Å². The van der Waals surface area contributed by atoms with Gasteiger partial charge in [-0.25, -0.2) is 4.98 Å². The molecule has 1 aromatic rings. The van der Waals surface area contributed by atoms with Gasteiger partial charge < -0.3 is 4.74 Å². The third-order valence-electron chi connectivity index (χ3n) is 3.38. The molecule has 0 aliphatic carbocycles. The van der Waals surface area contributed by atoms with Gasteiger partial charge in [0.1, 0.15) is 0 Å². The van der Waals surface area contributed by atoms with Gasteiger partial charge in [-0.2, -0.15) is 0 Å². The quantitative estimate of drug-likeness (QED) is 0.604. The van der Waals surface area contributed by atoms with Crippen LogP contribution in [-0.2, 0) is 11.2 Å². The third-order valence-corrected chi connectivity index (χ3v) is 4.21. The predicted octanol–water partition coefficient (Wildman–Crippen LogP) is 0.547. The number of thiazole rings is 1. The highest BCUT2D eigenvalue weighted by Gasteiger charge is 2.27. The van der Waals surface area contributed by atoms with Crippen LogP contribution in [0.1, 0.15) is 17.6 Å². The molecule has 0 aromatic carbocycles. The molecule has 2 heterocycles. The Kier molecular flexibility index (Phi) is 5.08. The minimum Gasteiger partial charge on any atom is -0.374 e. The molecule has 1 aliphatic rings. The first-order valence-corrected chi connectivity index (χ1v) is 7.32. The molecule has 0 amide bonds. The molecular weight excluding hydrogens is 248 g/mol. The van der Waals surface area contributed by atoms with Crippen LogP contribution in [0.4, 0.5) is 0 Å². The summed E-state index contributed by atoms with van der Waals surface area (Å²) in [6, 6.07) is 0.126. The molecule has 2 unspecified atom stereocenters. The van der Waals surface area contributed by atoms with Crippen molar-refractivity contribution < 1.29 is 4.74 Å². The summed E-state index contributed by atoms with van der Waals surface area (Å²) < 4.78 is 5.83. The third kappa shape index (κ3) is 3.49. The maximum atomic E-state index is 5.83. The number of nitrogens with one attached hydrogen (secondary N) is 1. The van der Waals surface area contributed by atoms with Crippen LogP contribution < -0.4 is 11.3 Å².